The van der Waals surface area contributed by atoms with Crippen LogP contribution in [0.15, 0.2) is 146 Å². The molecule has 0 aliphatic rings. The number of hydrogen-bond donors (Lipinski definition) is 0. The number of esters is 3. The minimum atomic E-state index is -0.793. The zero-order valence-electron chi connectivity index (χ0n) is 51.1. The summed E-state index contributed by atoms with van der Waals surface area (Å²) in [4.78, 5) is 37.9. The zero-order chi connectivity index (χ0) is 57.1. The van der Waals surface area contributed by atoms with Gasteiger partial charge < -0.3 is 14.2 Å². The summed E-state index contributed by atoms with van der Waals surface area (Å²) < 4.78 is 16.7. The Labute approximate surface area is 487 Å². The van der Waals surface area contributed by atoms with Crippen LogP contribution in [0.2, 0.25) is 0 Å². The lowest BCUT2D eigenvalue weighted by atomic mass is 10.1. The first kappa shape index (κ1) is 74.3. The van der Waals surface area contributed by atoms with E-state index in [9.17, 15) is 14.4 Å². The molecule has 0 spiro atoms. The van der Waals surface area contributed by atoms with Crippen LogP contribution >= 0.6 is 0 Å². The van der Waals surface area contributed by atoms with Crippen molar-refractivity contribution >= 4 is 17.9 Å². The summed E-state index contributed by atoms with van der Waals surface area (Å²) in [5, 5.41) is 0. The highest BCUT2D eigenvalue weighted by molar-refractivity contribution is 5.71. The van der Waals surface area contributed by atoms with Gasteiger partial charge in [0.1, 0.15) is 13.2 Å². The molecule has 0 N–H and O–H groups in total. The summed E-state index contributed by atoms with van der Waals surface area (Å²) >= 11 is 0. The molecule has 0 amide bonds. The van der Waals surface area contributed by atoms with Crippen LogP contribution in [0, 0.1) is 0 Å². The van der Waals surface area contributed by atoms with Gasteiger partial charge in [-0.15, -0.1) is 0 Å². The lowest BCUT2D eigenvalue weighted by Crippen LogP contribution is -2.30. The van der Waals surface area contributed by atoms with Crippen molar-refractivity contribution in [1.29, 1.82) is 0 Å². The van der Waals surface area contributed by atoms with Gasteiger partial charge >= 0.3 is 17.9 Å². The van der Waals surface area contributed by atoms with Crippen molar-refractivity contribution in [3.05, 3.63) is 146 Å². The van der Waals surface area contributed by atoms with E-state index in [1.54, 1.807) is 0 Å². The van der Waals surface area contributed by atoms with Gasteiger partial charge in [-0.1, -0.05) is 276 Å². The molecule has 0 aliphatic carbocycles. The third-order valence-electron chi connectivity index (χ3n) is 13.3. The van der Waals surface area contributed by atoms with E-state index >= 15 is 0 Å². The van der Waals surface area contributed by atoms with Crippen molar-refractivity contribution in [1.82, 2.24) is 0 Å². The largest absolute Gasteiger partial charge is 0.462 e. The maximum absolute atomic E-state index is 12.8. The number of unbranched alkanes of at least 4 members (excludes halogenated alkanes) is 22. The lowest BCUT2D eigenvalue weighted by molar-refractivity contribution is -0.167. The fourth-order valence-electron chi connectivity index (χ4n) is 8.50. The molecule has 0 bridgehead atoms. The third-order valence-corrected chi connectivity index (χ3v) is 13.3. The molecule has 1 unspecified atom stereocenters. The molecule has 0 radical (unpaired) electrons. The topological polar surface area (TPSA) is 78.9 Å². The van der Waals surface area contributed by atoms with Gasteiger partial charge in [-0.3, -0.25) is 14.4 Å². The van der Waals surface area contributed by atoms with Crippen LogP contribution in [0.5, 0.6) is 0 Å². The Kier molecular flexibility index (Phi) is 61.9. The maximum atomic E-state index is 12.8. The summed E-state index contributed by atoms with van der Waals surface area (Å²) in [5.74, 6) is -0.938. The maximum Gasteiger partial charge on any atom is 0.306 e. The summed E-state index contributed by atoms with van der Waals surface area (Å²) in [6.07, 6.45) is 94.7. The summed E-state index contributed by atoms with van der Waals surface area (Å²) in [6, 6.07) is 0. The highest BCUT2D eigenvalue weighted by atomic mass is 16.6. The molecule has 0 rings (SSSR count). The van der Waals surface area contributed by atoms with Gasteiger partial charge in [-0.05, 0) is 128 Å². The van der Waals surface area contributed by atoms with Crippen molar-refractivity contribution in [2.24, 2.45) is 0 Å². The molecule has 6 heteroatoms. The van der Waals surface area contributed by atoms with Crippen molar-refractivity contribution in [3.63, 3.8) is 0 Å². The summed E-state index contributed by atoms with van der Waals surface area (Å²) in [5.41, 5.74) is 0. The predicted octanol–water partition coefficient (Wildman–Crippen LogP) is 22.3. The first-order valence-corrected chi connectivity index (χ1v) is 32.3. The quantitative estimate of drug-likeness (QED) is 0.0261. The van der Waals surface area contributed by atoms with Crippen LogP contribution in [0.3, 0.4) is 0 Å². The molecule has 1 atom stereocenters. The van der Waals surface area contributed by atoms with Crippen LogP contribution in [0.25, 0.3) is 0 Å². The molecule has 0 aromatic carbocycles. The standard InChI is InChI=1S/C73H118O6/c1-4-7-10-13-15-17-19-21-23-25-27-29-30-31-32-33-34-35-36-37-38-39-40-41-42-44-45-47-49-51-53-55-57-60-63-66-72(75)78-69-70(68-77-71(74)65-62-59-12-9-6-3)79-73(76)67-64-61-58-56-54-52-50-48-46-43-28-26-24-22-20-18-16-14-11-8-5-2/h7,10,15,17,20-23,26-29,31-32,34-35,37-38,40-41,44-45,49,51,70H,4-6,8-9,11-14,16,18-19,24-25,30,33,36,39,42-43,46-48,50,52-69H2,1-3H3/b10-7-,17-15-,22-20-,23-21-,28-26-,29-27-,32-31-,35-34-,38-37-,41-40-,45-44-,51-49-. The van der Waals surface area contributed by atoms with Gasteiger partial charge in [0, 0.05) is 19.3 Å². The zero-order valence-corrected chi connectivity index (χ0v) is 51.1. The van der Waals surface area contributed by atoms with E-state index in [1.807, 2.05) is 0 Å². The van der Waals surface area contributed by atoms with Gasteiger partial charge in [0.2, 0.25) is 0 Å². The van der Waals surface area contributed by atoms with Crippen LogP contribution in [-0.2, 0) is 28.6 Å². The number of allylic oxidation sites excluding steroid dienone is 24. The number of hydrogen-bond acceptors (Lipinski definition) is 6. The molecule has 0 heterocycles. The number of carbonyl (C=O) groups excluding carboxylic acids is 3. The normalized spacial score (nSPS) is 13.1. The minimum Gasteiger partial charge on any atom is -0.462 e. The van der Waals surface area contributed by atoms with Crippen molar-refractivity contribution < 1.29 is 28.6 Å². The van der Waals surface area contributed by atoms with Crippen LogP contribution in [-0.4, -0.2) is 37.2 Å². The van der Waals surface area contributed by atoms with E-state index in [1.165, 1.54) is 83.5 Å². The molecule has 6 nitrogen and oxygen atoms in total. The molecule has 0 aliphatic heterocycles. The van der Waals surface area contributed by atoms with Crippen molar-refractivity contribution in [3.8, 4) is 0 Å². The highest BCUT2D eigenvalue weighted by Crippen LogP contribution is 2.14. The van der Waals surface area contributed by atoms with Gasteiger partial charge in [-0.2, -0.15) is 0 Å². The minimum absolute atomic E-state index is 0.0920. The fourth-order valence-corrected chi connectivity index (χ4v) is 8.50. The Morgan fingerprint density at radius 1 is 0.266 bits per heavy atom. The van der Waals surface area contributed by atoms with Gasteiger partial charge in [0.15, 0.2) is 6.10 Å². The molecule has 0 aromatic heterocycles. The van der Waals surface area contributed by atoms with Crippen LogP contribution in [0.1, 0.15) is 278 Å². The second kappa shape index (κ2) is 65.8. The Bertz CT molecular complexity index is 1730. The predicted molar refractivity (Wildman–Crippen MR) is 343 cm³/mol. The SMILES string of the molecule is CC/C=C\C/C=C\C/C=C\C/C=C\C/C=C\C/C=C\C/C=C\C/C=C\C/C=C\C/C=C\CCCCCCC(=O)OCC(COC(=O)CCCCCCC)OC(=O)CCCCCCCCCCC/C=C\C/C=C\CCCCCCC. The second-order valence-corrected chi connectivity index (χ2v) is 20.9. The first-order chi connectivity index (χ1) is 39.0. The highest BCUT2D eigenvalue weighted by Gasteiger charge is 2.19. The van der Waals surface area contributed by atoms with E-state index in [0.29, 0.717) is 19.3 Å². The van der Waals surface area contributed by atoms with Gasteiger partial charge in [0.05, 0.1) is 0 Å². The Morgan fingerprint density at radius 3 is 0.772 bits per heavy atom. The second-order valence-electron chi connectivity index (χ2n) is 20.9. The van der Waals surface area contributed by atoms with Gasteiger partial charge in [-0.25, -0.2) is 0 Å². The Morgan fingerprint density at radius 2 is 0.494 bits per heavy atom. The Hall–Kier alpha value is -4.71. The smallest absolute Gasteiger partial charge is 0.306 e. The molecule has 446 valence electrons. The van der Waals surface area contributed by atoms with E-state index in [4.69, 9.17) is 14.2 Å². The monoisotopic (exact) mass is 1090 g/mol. The Balaban J connectivity index is 4.14. The summed E-state index contributed by atoms with van der Waals surface area (Å²) in [7, 11) is 0. The third kappa shape index (κ3) is 64.0. The molecular formula is C73H118O6. The molecule has 0 aromatic rings. The van der Waals surface area contributed by atoms with Crippen molar-refractivity contribution in [2.75, 3.05) is 13.2 Å². The van der Waals surface area contributed by atoms with E-state index in [0.717, 1.165) is 154 Å². The average molecular weight is 1090 g/mol. The number of ether oxygens (including phenoxy) is 3. The molecule has 0 saturated carbocycles. The lowest BCUT2D eigenvalue weighted by Gasteiger charge is -2.18. The number of carbonyl (C=O) groups is 3. The van der Waals surface area contributed by atoms with Crippen molar-refractivity contribution in [2.45, 2.75) is 284 Å². The van der Waals surface area contributed by atoms with E-state index < -0.39 is 6.10 Å². The molecular weight excluding hydrogens is 973 g/mol. The average Bonchev–Trinajstić information content (AvgIpc) is 3.45. The summed E-state index contributed by atoms with van der Waals surface area (Å²) in [6.45, 7) is 6.41. The van der Waals surface area contributed by atoms with Gasteiger partial charge in [0.25, 0.3) is 0 Å². The number of rotatable bonds is 57. The molecule has 0 fully saturated rings. The molecule has 79 heavy (non-hydrogen) atoms. The van der Waals surface area contributed by atoms with Crippen LogP contribution in [0.4, 0.5) is 0 Å². The fraction of sp³-hybridized carbons (Fsp3) is 0.630. The van der Waals surface area contributed by atoms with E-state index in [2.05, 4.69) is 167 Å². The van der Waals surface area contributed by atoms with Crippen LogP contribution < -0.4 is 0 Å². The van der Waals surface area contributed by atoms with E-state index in [-0.39, 0.29) is 31.1 Å². The first-order valence-electron chi connectivity index (χ1n) is 32.3. The molecule has 0 saturated heterocycles.